The molecular formula is C15H24N2O3. The van der Waals surface area contributed by atoms with Gasteiger partial charge in [-0.2, -0.15) is 0 Å². The highest BCUT2D eigenvalue weighted by Crippen LogP contribution is 2.23. The first kappa shape index (κ1) is 16.4. The van der Waals surface area contributed by atoms with Crippen molar-refractivity contribution in [3.63, 3.8) is 0 Å². The summed E-state index contributed by atoms with van der Waals surface area (Å²) >= 11 is 0. The molecule has 5 nitrogen and oxygen atoms in total. The van der Waals surface area contributed by atoms with Crippen molar-refractivity contribution >= 4 is 6.09 Å². The largest absolute Gasteiger partial charge is 0.444 e. The van der Waals surface area contributed by atoms with Gasteiger partial charge in [0.05, 0.1) is 31.1 Å². The number of nitrogens with zero attached hydrogens (tertiary/aromatic N) is 2. The molecule has 0 radical (unpaired) electrons. The Hall–Kier alpha value is -1.62. The lowest BCUT2D eigenvalue weighted by Gasteiger charge is -2.23. The molecule has 5 heteroatoms. The summed E-state index contributed by atoms with van der Waals surface area (Å²) in [5, 5.41) is 9.03. The molecule has 0 saturated heterocycles. The van der Waals surface area contributed by atoms with Crippen molar-refractivity contribution in [3.8, 4) is 0 Å². The summed E-state index contributed by atoms with van der Waals surface area (Å²) in [6, 6.07) is 3.68. The molecule has 0 spiro atoms. The van der Waals surface area contributed by atoms with Crippen LogP contribution in [0.4, 0.5) is 4.79 Å². The standard InChI is InChI=1S/C13H18N2O3.C2H6/c1-13(2,3)18-12(17)15-6-9-4-5-10(8-16)14-11(9)7-15;1-2/h4-5,16H,6-8H2,1-3H3;1-2H3. The number of aliphatic hydroxyl groups excluding tert-OH is 1. The molecular weight excluding hydrogens is 256 g/mol. The molecule has 20 heavy (non-hydrogen) atoms. The van der Waals surface area contributed by atoms with Gasteiger partial charge in [-0.25, -0.2) is 4.79 Å². The first-order valence-electron chi connectivity index (χ1n) is 6.95. The van der Waals surface area contributed by atoms with Gasteiger partial charge in [0.1, 0.15) is 5.60 Å². The molecule has 0 unspecified atom stereocenters. The number of rotatable bonds is 1. The molecule has 0 bridgehead atoms. The van der Waals surface area contributed by atoms with Crippen LogP contribution in [0.3, 0.4) is 0 Å². The van der Waals surface area contributed by atoms with Gasteiger partial charge < -0.3 is 9.84 Å². The van der Waals surface area contributed by atoms with Crippen molar-refractivity contribution < 1.29 is 14.6 Å². The minimum Gasteiger partial charge on any atom is -0.444 e. The van der Waals surface area contributed by atoms with Gasteiger partial charge in [-0.05, 0) is 32.4 Å². The van der Waals surface area contributed by atoms with Crippen LogP contribution in [0, 0.1) is 0 Å². The Morgan fingerprint density at radius 2 is 2.00 bits per heavy atom. The molecule has 2 rings (SSSR count). The number of pyridine rings is 1. The average Bonchev–Trinajstić information content (AvgIpc) is 2.82. The first-order chi connectivity index (χ1) is 9.39. The second-order valence-electron chi connectivity index (χ2n) is 5.40. The Kier molecular flexibility index (Phi) is 5.51. The molecule has 0 aliphatic carbocycles. The van der Waals surface area contributed by atoms with E-state index in [4.69, 9.17) is 9.84 Å². The van der Waals surface area contributed by atoms with Crippen molar-refractivity contribution in [1.29, 1.82) is 0 Å². The van der Waals surface area contributed by atoms with Crippen LogP contribution in [0.5, 0.6) is 0 Å². The van der Waals surface area contributed by atoms with Crippen LogP contribution in [0.15, 0.2) is 12.1 Å². The number of amides is 1. The first-order valence-corrected chi connectivity index (χ1v) is 6.95. The minimum absolute atomic E-state index is 0.0836. The lowest BCUT2D eigenvalue weighted by molar-refractivity contribution is 0.0240. The van der Waals surface area contributed by atoms with E-state index in [1.54, 1.807) is 11.0 Å². The van der Waals surface area contributed by atoms with Crippen LogP contribution in [-0.4, -0.2) is 26.7 Å². The van der Waals surface area contributed by atoms with E-state index in [0.717, 1.165) is 11.3 Å². The maximum Gasteiger partial charge on any atom is 0.410 e. The van der Waals surface area contributed by atoms with Crippen LogP contribution in [-0.2, 0) is 24.4 Å². The minimum atomic E-state index is -0.491. The number of aliphatic hydroxyl groups is 1. The van der Waals surface area contributed by atoms with E-state index in [1.165, 1.54) is 0 Å². The average molecular weight is 280 g/mol. The van der Waals surface area contributed by atoms with E-state index in [2.05, 4.69) is 4.98 Å². The highest BCUT2D eigenvalue weighted by atomic mass is 16.6. The van der Waals surface area contributed by atoms with E-state index in [1.807, 2.05) is 40.7 Å². The summed E-state index contributed by atoms with van der Waals surface area (Å²) in [5.74, 6) is 0. The maximum atomic E-state index is 11.9. The summed E-state index contributed by atoms with van der Waals surface area (Å²) < 4.78 is 5.32. The van der Waals surface area contributed by atoms with Crippen LogP contribution < -0.4 is 0 Å². The van der Waals surface area contributed by atoms with Gasteiger partial charge in [-0.3, -0.25) is 9.88 Å². The number of carbonyl (C=O) groups is 1. The number of hydrogen-bond acceptors (Lipinski definition) is 4. The zero-order valence-electron chi connectivity index (χ0n) is 12.9. The smallest absolute Gasteiger partial charge is 0.410 e. The quantitative estimate of drug-likeness (QED) is 0.859. The van der Waals surface area contributed by atoms with Crippen molar-refractivity contribution in [2.75, 3.05) is 0 Å². The molecule has 1 aliphatic heterocycles. The number of aromatic nitrogens is 1. The Morgan fingerprint density at radius 1 is 1.35 bits per heavy atom. The second-order valence-corrected chi connectivity index (χ2v) is 5.40. The molecule has 1 aromatic rings. The maximum absolute atomic E-state index is 11.9. The van der Waals surface area contributed by atoms with Crippen molar-refractivity contribution in [3.05, 3.63) is 29.1 Å². The van der Waals surface area contributed by atoms with Crippen molar-refractivity contribution in [2.24, 2.45) is 0 Å². The highest BCUT2D eigenvalue weighted by Gasteiger charge is 2.28. The van der Waals surface area contributed by atoms with Gasteiger partial charge in [-0.1, -0.05) is 19.9 Å². The van der Waals surface area contributed by atoms with E-state index in [0.29, 0.717) is 18.8 Å². The molecule has 112 valence electrons. The molecule has 1 aromatic heterocycles. The van der Waals surface area contributed by atoms with E-state index in [-0.39, 0.29) is 12.7 Å². The SMILES string of the molecule is CC.CC(C)(C)OC(=O)N1Cc2ccc(CO)nc2C1. The zero-order chi connectivity index (χ0) is 15.3. The third-order valence-corrected chi connectivity index (χ3v) is 2.64. The third-order valence-electron chi connectivity index (χ3n) is 2.64. The van der Waals surface area contributed by atoms with Gasteiger partial charge in [-0.15, -0.1) is 0 Å². The predicted molar refractivity (Wildman–Crippen MR) is 77.0 cm³/mol. The fraction of sp³-hybridized carbons (Fsp3) is 0.600. The molecule has 0 aromatic carbocycles. The Balaban J connectivity index is 0.000000956. The number of hydrogen-bond donors (Lipinski definition) is 1. The van der Waals surface area contributed by atoms with Gasteiger partial charge in [0.2, 0.25) is 0 Å². The second kappa shape index (κ2) is 6.70. The van der Waals surface area contributed by atoms with E-state index >= 15 is 0 Å². The van der Waals surface area contributed by atoms with Crippen molar-refractivity contribution in [2.45, 2.75) is 59.9 Å². The summed E-state index contributed by atoms with van der Waals surface area (Å²) in [6.45, 7) is 10.4. The van der Waals surface area contributed by atoms with Gasteiger partial charge >= 0.3 is 6.09 Å². The molecule has 1 aliphatic rings. The van der Waals surface area contributed by atoms with Crippen LogP contribution >= 0.6 is 0 Å². The van der Waals surface area contributed by atoms with Gasteiger partial charge in [0, 0.05) is 0 Å². The number of carbonyl (C=O) groups excluding carboxylic acids is 1. The number of fused-ring (bicyclic) bond motifs is 1. The molecule has 0 atom stereocenters. The van der Waals surface area contributed by atoms with Crippen LogP contribution in [0.25, 0.3) is 0 Å². The summed E-state index contributed by atoms with van der Waals surface area (Å²) in [5.41, 5.74) is 1.99. The molecule has 0 fully saturated rings. The van der Waals surface area contributed by atoms with Crippen LogP contribution in [0.1, 0.15) is 51.6 Å². The van der Waals surface area contributed by atoms with Gasteiger partial charge in [0.25, 0.3) is 0 Å². The normalized spacial score (nSPS) is 13.4. The van der Waals surface area contributed by atoms with Gasteiger partial charge in [0.15, 0.2) is 0 Å². The topological polar surface area (TPSA) is 62.7 Å². The lowest BCUT2D eigenvalue weighted by atomic mass is 10.2. The Morgan fingerprint density at radius 3 is 2.55 bits per heavy atom. The predicted octanol–water partition coefficient (Wildman–Crippen LogP) is 2.85. The van der Waals surface area contributed by atoms with E-state index < -0.39 is 5.60 Å². The summed E-state index contributed by atoms with van der Waals surface area (Å²) in [7, 11) is 0. The third kappa shape index (κ3) is 4.20. The lowest BCUT2D eigenvalue weighted by Crippen LogP contribution is -2.33. The van der Waals surface area contributed by atoms with Crippen molar-refractivity contribution in [1.82, 2.24) is 9.88 Å². The Bertz CT molecular complexity index is 467. The highest BCUT2D eigenvalue weighted by molar-refractivity contribution is 5.69. The van der Waals surface area contributed by atoms with Crippen LogP contribution in [0.2, 0.25) is 0 Å². The molecule has 1 N–H and O–H groups in total. The zero-order valence-corrected chi connectivity index (χ0v) is 12.9. The molecule has 1 amide bonds. The van der Waals surface area contributed by atoms with E-state index in [9.17, 15) is 4.79 Å². The summed E-state index contributed by atoms with van der Waals surface area (Å²) in [6.07, 6.45) is -0.328. The molecule has 0 saturated carbocycles. The fourth-order valence-corrected chi connectivity index (χ4v) is 1.84. The monoisotopic (exact) mass is 280 g/mol. The fourth-order valence-electron chi connectivity index (χ4n) is 1.84. The Labute approximate surface area is 120 Å². The molecule has 2 heterocycles. The number of ether oxygens (including phenoxy) is 1. The summed E-state index contributed by atoms with van der Waals surface area (Å²) in [4.78, 5) is 17.8.